The third-order valence-corrected chi connectivity index (χ3v) is 7.39. The Labute approximate surface area is 248 Å². The average Bonchev–Trinajstić information content (AvgIpc) is 3.51. The number of pyridine rings is 1. The van der Waals surface area contributed by atoms with E-state index in [4.69, 9.17) is 14.1 Å². The van der Waals surface area contributed by atoms with Crippen LogP contribution < -0.4 is 14.8 Å². The van der Waals surface area contributed by atoms with Crippen molar-refractivity contribution >= 4 is 32.9 Å². The number of carboxylic acid groups (broad SMARTS) is 1. The van der Waals surface area contributed by atoms with Crippen LogP contribution in [0, 0.1) is 11.3 Å². The summed E-state index contributed by atoms with van der Waals surface area (Å²) in [4.78, 5) is 15.5. The van der Waals surface area contributed by atoms with Crippen LogP contribution in [0.1, 0.15) is 22.4 Å². The molecule has 12 heteroatoms. The van der Waals surface area contributed by atoms with Crippen LogP contribution in [0.4, 0.5) is 0 Å². The van der Waals surface area contributed by atoms with Crippen LogP contribution in [0.5, 0.6) is 11.5 Å². The molecule has 0 aliphatic rings. The lowest BCUT2D eigenvalue weighted by atomic mass is 10.0. The van der Waals surface area contributed by atoms with Gasteiger partial charge in [-0.05, 0) is 55.1 Å². The molecule has 0 spiro atoms. The molecule has 1 atom stereocenters. The molecule has 0 saturated carbocycles. The van der Waals surface area contributed by atoms with Crippen LogP contribution in [-0.4, -0.2) is 44.1 Å². The van der Waals surface area contributed by atoms with Crippen molar-refractivity contribution in [2.45, 2.75) is 25.8 Å². The molecule has 0 aliphatic heterocycles. The van der Waals surface area contributed by atoms with Gasteiger partial charge in [-0.15, -0.1) is 0 Å². The van der Waals surface area contributed by atoms with Crippen molar-refractivity contribution in [3.05, 3.63) is 99.8 Å². The highest BCUT2D eigenvalue weighted by Gasteiger charge is 2.23. The number of ether oxygens (including phenoxy) is 2. The lowest BCUT2D eigenvalue weighted by Crippen LogP contribution is -2.39. The number of carboxylic acids is 1. The fourth-order valence-corrected chi connectivity index (χ4v) is 4.89. The van der Waals surface area contributed by atoms with Gasteiger partial charge in [0.25, 0.3) is 0 Å². The molecule has 11 nitrogen and oxygen atoms in total. The van der Waals surface area contributed by atoms with E-state index in [2.05, 4.69) is 36.5 Å². The summed E-state index contributed by atoms with van der Waals surface area (Å²) in [5.74, 6) is -0.542. The maximum absolute atomic E-state index is 11.5. The summed E-state index contributed by atoms with van der Waals surface area (Å²) in [6.45, 7) is -0.380. The standard InChI is InChI=1S/C30H24BrN5O6/c31-27-20(7-4-8-22(27)19-5-2-1-3-6-19)17-41-26-12-25(40-16-18-9-10-33-21(11-18)13-32)23(28-29(26)36-42-35-28)14-34-24(15-37)30(38)39/h1-12,24,34,37H,14-17H2,(H,38,39). The minimum absolute atomic E-state index is 0.0255. The Morgan fingerprint density at radius 1 is 1.02 bits per heavy atom. The number of halogens is 1. The topological polar surface area (TPSA) is 164 Å². The van der Waals surface area contributed by atoms with Gasteiger partial charge in [-0.3, -0.25) is 10.1 Å². The van der Waals surface area contributed by atoms with E-state index in [1.165, 1.54) is 6.20 Å². The minimum Gasteiger partial charge on any atom is -0.488 e. The number of hydrogen-bond acceptors (Lipinski definition) is 10. The lowest BCUT2D eigenvalue weighted by molar-refractivity contribution is -0.140. The molecule has 3 N–H and O–H groups in total. The van der Waals surface area contributed by atoms with Crippen molar-refractivity contribution in [2.75, 3.05) is 6.61 Å². The lowest BCUT2D eigenvalue weighted by Gasteiger charge is -2.17. The normalized spacial score (nSPS) is 11.6. The van der Waals surface area contributed by atoms with E-state index in [0.29, 0.717) is 33.7 Å². The molecule has 0 radical (unpaired) electrons. The van der Waals surface area contributed by atoms with Gasteiger partial charge in [-0.2, -0.15) is 5.26 Å². The molecule has 2 aromatic heterocycles. The molecule has 0 bridgehead atoms. The Balaban J connectivity index is 1.47. The predicted molar refractivity (Wildman–Crippen MR) is 154 cm³/mol. The number of rotatable bonds is 12. The van der Waals surface area contributed by atoms with Crippen molar-refractivity contribution in [3.8, 4) is 28.7 Å². The highest BCUT2D eigenvalue weighted by Crippen LogP contribution is 2.36. The number of aliphatic hydroxyl groups excluding tert-OH is 1. The smallest absolute Gasteiger partial charge is 0.323 e. The molecule has 5 rings (SSSR count). The van der Waals surface area contributed by atoms with Crippen molar-refractivity contribution in [1.82, 2.24) is 20.6 Å². The molecule has 0 saturated heterocycles. The first-order valence-corrected chi connectivity index (χ1v) is 13.6. The molecule has 0 fully saturated rings. The summed E-state index contributed by atoms with van der Waals surface area (Å²) in [6.07, 6.45) is 1.51. The number of benzene rings is 3. The quantitative estimate of drug-likeness (QED) is 0.176. The zero-order chi connectivity index (χ0) is 29.5. The second kappa shape index (κ2) is 13.2. The van der Waals surface area contributed by atoms with E-state index < -0.39 is 18.6 Å². The number of fused-ring (bicyclic) bond motifs is 1. The Bertz CT molecular complexity index is 1750. The Morgan fingerprint density at radius 3 is 2.57 bits per heavy atom. The number of hydrogen-bond donors (Lipinski definition) is 3. The molecule has 0 amide bonds. The molecule has 212 valence electrons. The second-order valence-corrected chi connectivity index (χ2v) is 9.94. The highest BCUT2D eigenvalue weighted by molar-refractivity contribution is 9.10. The average molecular weight is 630 g/mol. The number of nitriles is 1. The van der Waals surface area contributed by atoms with Gasteiger partial charge in [0.05, 0.1) is 6.61 Å². The van der Waals surface area contributed by atoms with Gasteiger partial charge in [0.2, 0.25) is 0 Å². The Hall–Kier alpha value is -4.83. The molecule has 1 unspecified atom stereocenters. The van der Waals surface area contributed by atoms with Crippen LogP contribution in [0.25, 0.3) is 22.2 Å². The zero-order valence-corrected chi connectivity index (χ0v) is 23.6. The second-order valence-electron chi connectivity index (χ2n) is 9.15. The largest absolute Gasteiger partial charge is 0.488 e. The third kappa shape index (κ3) is 6.39. The summed E-state index contributed by atoms with van der Waals surface area (Å²) in [6, 6.07) is 21.6. The molecule has 2 heterocycles. The van der Waals surface area contributed by atoms with Gasteiger partial charge in [0.1, 0.15) is 42.3 Å². The van der Waals surface area contributed by atoms with E-state index in [1.54, 1.807) is 18.2 Å². The molecule has 3 aromatic carbocycles. The fourth-order valence-electron chi connectivity index (χ4n) is 4.28. The van der Waals surface area contributed by atoms with E-state index in [1.807, 2.05) is 54.6 Å². The summed E-state index contributed by atoms with van der Waals surface area (Å²) >= 11 is 3.72. The van der Waals surface area contributed by atoms with E-state index >= 15 is 0 Å². The van der Waals surface area contributed by atoms with Crippen molar-refractivity contribution in [2.24, 2.45) is 0 Å². The van der Waals surface area contributed by atoms with Gasteiger partial charge in [0.15, 0.2) is 11.3 Å². The maximum Gasteiger partial charge on any atom is 0.323 e. The van der Waals surface area contributed by atoms with Crippen LogP contribution in [0.15, 0.2) is 82.0 Å². The van der Waals surface area contributed by atoms with Crippen molar-refractivity contribution in [1.29, 1.82) is 5.26 Å². The third-order valence-electron chi connectivity index (χ3n) is 6.45. The molecular weight excluding hydrogens is 606 g/mol. The predicted octanol–water partition coefficient (Wildman–Crippen LogP) is 4.61. The number of aromatic nitrogens is 3. The monoisotopic (exact) mass is 629 g/mol. The minimum atomic E-state index is -1.21. The van der Waals surface area contributed by atoms with Crippen LogP contribution in [-0.2, 0) is 24.6 Å². The van der Waals surface area contributed by atoms with Gasteiger partial charge >= 0.3 is 5.97 Å². The molecular formula is C30H24BrN5O6. The summed E-state index contributed by atoms with van der Waals surface area (Å²) < 4.78 is 18.3. The van der Waals surface area contributed by atoms with Crippen LogP contribution in [0.2, 0.25) is 0 Å². The number of aliphatic hydroxyl groups is 1. The maximum atomic E-state index is 11.5. The summed E-state index contributed by atoms with van der Waals surface area (Å²) in [5, 5.41) is 38.9. The van der Waals surface area contributed by atoms with Gasteiger partial charge in [-0.25, -0.2) is 9.61 Å². The Kier molecular flexibility index (Phi) is 9.03. The first-order chi connectivity index (χ1) is 20.5. The van der Waals surface area contributed by atoms with E-state index in [0.717, 1.165) is 21.2 Å². The van der Waals surface area contributed by atoms with E-state index in [9.17, 15) is 20.3 Å². The SMILES string of the molecule is N#Cc1cc(COc2cc(OCc3cccc(-c4ccccc4)c3Br)c3nonc3c2CNC(CO)C(=O)O)ccn1. The number of aliphatic carboxylic acids is 1. The van der Waals surface area contributed by atoms with Crippen LogP contribution >= 0.6 is 15.9 Å². The van der Waals surface area contributed by atoms with Crippen molar-refractivity contribution in [3.63, 3.8) is 0 Å². The number of nitrogens with one attached hydrogen (secondary N) is 1. The highest BCUT2D eigenvalue weighted by atomic mass is 79.9. The van der Waals surface area contributed by atoms with E-state index in [-0.39, 0.29) is 25.5 Å². The first-order valence-electron chi connectivity index (χ1n) is 12.8. The first kappa shape index (κ1) is 28.7. The number of carbonyl (C=O) groups is 1. The van der Waals surface area contributed by atoms with Crippen molar-refractivity contribution < 1.29 is 29.1 Å². The van der Waals surface area contributed by atoms with Gasteiger partial charge < -0.3 is 19.7 Å². The molecule has 42 heavy (non-hydrogen) atoms. The fraction of sp³-hybridized carbons (Fsp3) is 0.167. The zero-order valence-electron chi connectivity index (χ0n) is 22.0. The Morgan fingerprint density at radius 2 is 1.81 bits per heavy atom. The summed E-state index contributed by atoms with van der Waals surface area (Å²) in [5.41, 5.74) is 4.99. The number of nitrogens with zero attached hydrogens (tertiary/aromatic N) is 4. The van der Waals surface area contributed by atoms with Gasteiger partial charge in [0, 0.05) is 34.4 Å². The van der Waals surface area contributed by atoms with Gasteiger partial charge in [-0.1, -0.05) is 48.5 Å². The molecule has 0 aliphatic carbocycles. The summed E-state index contributed by atoms with van der Waals surface area (Å²) in [7, 11) is 0. The molecule has 5 aromatic rings. The van der Waals surface area contributed by atoms with Crippen LogP contribution in [0.3, 0.4) is 0 Å².